The minimum absolute atomic E-state index is 0.0444. The maximum atomic E-state index is 12.1. The molecular formula is C16H21NO4. The molecule has 1 unspecified atom stereocenters. The van der Waals surface area contributed by atoms with E-state index >= 15 is 0 Å². The van der Waals surface area contributed by atoms with Crippen molar-refractivity contribution >= 4 is 12.0 Å². The van der Waals surface area contributed by atoms with E-state index in [9.17, 15) is 9.59 Å². The largest absolute Gasteiger partial charge is 0.444 e. The Morgan fingerprint density at radius 1 is 1.33 bits per heavy atom. The summed E-state index contributed by atoms with van der Waals surface area (Å²) >= 11 is 0. The van der Waals surface area contributed by atoms with Gasteiger partial charge in [0, 0.05) is 0 Å². The Balaban J connectivity index is 1.87. The second-order valence-electron chi connectivity index (χ2n) is 5.07. The predicted octanol–water partition coefficient (Wildman–Crippen LogP) is 3.09. The fourth-order valence-electron chi connectivity index (χ4n) is 2.26. The van der Waals surface area contributed by atoms with E-state index in [-0.39, 0.29) is 19.1 Å². The van der Waals surface area contributed by atoms with Gasteiger partial charge in [-0.25, -0.2) is 9.69 Å². The molecule has 1 heterocycles. The molecule has 0 bridgehead atoms. The first-order valence-electron chi connectivity index (χ1n) is 7.36. The van der Waals surface area contributed by atoms with Crippen LogP contribution in [0.5, 0.6) is 0 Å². The molecule has 0 radical (unpaired) electrons. The summed E-state index contributed by atoms with van der Waals surface area (Å²) in [5, 5.41) is 0. The first kappa shape index (κ1) is 15.5. The molecule has 1 saturated heterocycles. The normalized spacial score (nSPS) is 18.0. The van der Waals surface area contributed by atoms with Crippen molar-refractivity contribution in [1.82, 2.24) is 4.90 Å². The van der Waals surface area contributed by atoms with E-state index in [1.807, 2.05) is 30.3 Å². The van der Waals surface area contributed by atoms with Crippen LogP contribution in [0.1, 0.15) is 38.2 Å². The van der Waals surface area contributed by atoms with Gasteiger partial charge >= 0.3 is 6.09 Å². The lowest BCUT2D eigenvalue weighted by Crippen LogP contribution is -2.39. The minimum Gasteiger partial charge on any atom is -0.444 e. The Kier molecular flexibility index (Phi) is 5.75. The highest BCUT2D eigenvalue weighted by Gasteiger charge is 2.37. The Morgan fingerprint density at radius 3 is 2.81 bits per heavy atom. The van der Waals surface area contributed by atoms with Gasteiger partial charge in [0.25, 0.3) is 5.91 Å². The Bertz CT molecular complexity index is 474. The van der Waals surface area contributed by atoms with Crippen molar-refractivity contribution in [2.75, 3.05) is 6.61 Å². The standard InChI is InChI=1S/C16H21NO4/c1-2-3-5-10-15-17(14(18)12-20-15)16(19)21-11-13-8-6-4-7-9-13/h4,6-9,15H,2-3,5,10-12H2,1H3. The molecule has 21 heavy (non-hydrogen) atoms. The molecule has 2 amide bonds. The van der Waals surface area contributed by atoms with Crippen LogP contribution in [-0.2, 0) is 20.9 Å². The molecule has 5 heteroatoms. The van der Waals surface area contributed by atoms with Crippen LogP contribution in [0.3, 0.4) is 0 Å². The van der Waals surface area contributed by atoms with Gasteiger partial charge in [-0.1, -0.05) is 50.1 Å². The van der Waals surface area contributed by atoms with Crippen LogP contribution in [0.15, 0.2) is 30.3 Å². The molecule has 1 atom stereocenters. The van der Waals surface area contributed by atoms with E-state index in [1.54, 1.807) is 0 Å². The van der Waals surface area contributed by atoms with Gasteiger partial charge in [-0.15, -0.1) is 0 Å². The number of nitrogens with zero attached hydrogens (tertiary/aromatic N) is 1. The van der Waals surface area contributed by atoms with Gasteiger partial charge in [0.2, 0.25) is 0 Å². The van der Waals surface area contributed by atoms with Gasteiger partial charge in [0.1, 0.15) is 19.4 Å². The van der Waals surface area contributed by atoms with E-state index in [0.29, 0.717) is 6.42 Å². The average Bonchev–Trinajstić information content (AvgIpc) is 2.87. The molecule has 2 rings (SSSR count). The monoisotopic (exact) mass is 291 g/mol. The summed E-state index contributed by atoms with van der Waals surface area (Å²) in [5.74, 6) is -0.324. The summed E-state index contributed by atoms with van der Waals surface area (Å²) in [6.45, 7) is 2.22. The van der Waals surface area contributed by atoms with Crippen molar-refractivity contribution in [2.45, 2.75) is 45.4 Å². The number of rotatable bonds is 6. The molecular weight excluding hydrogens is 270 g/mol. The molecule has 0 spiro atoms. The van der Waals surface area contributed by atoms with Crippen molar-refractivity contribution < 1.29 is 19.1 Å². The Labute approximate surface area is 124 Å². The second kappa shape index (κ2) is 7.78. The number of amides is 2. The fourth-order valence-corrected chi connectivity index (χ4v) is 2.26. The Morgan fingerprint density at radius 2 is 2.10 bits per heavy atom. The highest BCUT2D eigenvalue weighted by molar-refractivity contribution is 5.94. The van der Waals surface area contributed by atoms with Gasteiger partial charge in [-0.2, -0.15) is 0 Å². The lowest BCUT2D eigenvalue weighted by Gasteiger charge is -2.20. The van der Waals surface area contributed by atoms with E-state index < -0.39 is 12.3 Å². The molecule has 5 nitrogen and oxygen atoms in total. The molecule has 1 aliphatic rings. The van der Waals surface area contributed by atoms with Crippen LogP contribution < -0.4 is 0 Å². The number of hydrogen-bond acceptors (Lipinski definition) is 4. The number of unbranched alkanes of at least 4 members (excludes halogenated alkanes) is 2. The second-order valence-corrected chi connectivity index (χ2v) is 5.07. The van der Waals surface area contributed by atoms with Crippen molar-refractivity contribution in [1.29, 1.82) is 0 Å². The number of carbonyl (C=O) groups is 2. The number of imide groups is 1. The van der Waals surface area contributed by atoms with Crippen molar-refractivity contribution in [3.63, 3.8) is 0 Å². The van der Waals surface area contributed by atoms with Gasteiger partial charge in [0.05, 0.1) is 0 Å². The van der Waals surface area contributed by atoms with E-state index in [0.717, 1.165) is 29.7 Å². The van der Waals surface area contributed by atoms with Crippen molar-refractivity contribution in [3.8, 4) is 0 Å². The summed E-state index contributed by atoms with van der Waals surface area (Å²) in [5.41, 5.74) is 0.890. The number of benzene rings is 1. The van der Waals surface area contributed by atoms with Gasteiger partial charge in [0.15, 0.2) is 0 Å². The van der Waals surface area contributed by atoms with E-state index in [2.05, 4.69) is 6.92 Å². The molecule has 0 aliphatic carbocycles. The predicted molar refractivity (Wildman–Crippen MR) is 77.4 cm³/mol. The van der Waals surface area contributed by atoms with E-state index in [4.69, 9.17) is 9.47 Å². The smallest absolute Gasteiger partial charge is 0.419 e. The van der Waals surface area contributed by atoms with Crippen LogP contribution in [0, 0.1) is 0 Å². The maximum absolute atomic E-state index is 12.1. The molecule has 0 saturated carbocycles. The maximum Gasteiger partial charge on any atom is 0.419 e. The number of ether oxygens (including phenoxy) is 2. The third-order valence-electron chi connectivity index (χ3n) is 3.41. The topological polar surface area (TPSA) is 55.8 Å². The van der Waals surface area contributed by atoms with Gasteiger partial charge in [-0.05, 0) is 18.4 Å². The highest BCUT2D eigenvalue weighted by atomic mass is 16.6. The zero-order chi connectivity index (χ0) is 15.1. The van der Waals surface area contributed by atoms with Crippen LogP contribution in [-0.4, -0.2) is 29.7 Å². The van der Waals surface area contributed by atoms with Crippen LogP contribution in [0.4, 0.5) is 4.79 Å². The van der Waals surface area contributed by atoms with Crippen LogP contribution >= 0.6 is 0 Å². The molecule has 0 aromatic heterocycles. The third kappa shape index (κ3) is 4.29. The summed E-state index contributed by atoms with van der Waals surface area (Å²) in [7, 11) is 0. The summed E-state index contributed by atoms with van der Waals surface area (Å²) in [6, 6.07) is 9.39. The van der Waals surface area contributed by atoms with Gasteiger partial charge in [-0.3, -0.25) is 4.79 Å². The molecule has 1 aromatic rings. The summed E-state index contributed by atoms with van der Waals surface area (Å²) in [4.78, 5) is 25.0. The average molecular weight is 291 g/mol. The van der Waals surface area contributed by atoms with Crippen LogP contribution in [0.2, 0.25) is 0 Å². The minimum atomic E-state index is -0.622. The fraction of sp³-hybridized carbons (Fsp3) is 0.500. The van der Waals surface area contributed by atoms with Gasteiger partial charge < -0.3 is 9.47 Å². The summed E-state index contributed by atoms with van der Waals surface area (Å²) < 4.78 is 10.6. The van der Waals surface area contributed by atoms with Crippen LogP contribution in [0.25, 0.3) is 0 Å². The SMILES string of the molecule is CCCCCC1OCC(=O)N1C(=O)OCc1ccccc1. The van der Waals surface area contributed by atoms with Crippen molar-refractivity contribution in [2.24, 2.45) is 0 Å². The highest BCUT2D eigenvalue weighted by Crippen LogP contribution is 2.19. The third-order valence-corrected chi connectivity index (χ3v) is 3.41. The summed E-state index contributed by atoms with van der Waals surface area (Å²) in [6.07, 6.45) is 2.63. The first-order valence-corrected chi connectivity index (χ1v) is 7.36. The molecule has 1 aliphatic heterocycles. The lowest BCUT2D eigenvalue weighted by atomic mass is 10.2. The molecule has 114 valence electrons. The lowest BCUT2D eigenvalue weighted by molar-refractivity contribution is -0.126. The van der Waals surface area contributed by atoms with Crippen molar-refractivity contribution in [3.05, 3.63) is 35.9 Å². The first-order chi connectivity index (χ1) is 10.2. The quantitative estimate of drug-likeness (QED) is 0.756. The number of carbonyl (C=O) groups excluding carboxylic acids is 2. The zero-order valence-corrected chi connectivity index (χ0v) is 12.3. The molecule has 0 N–H and O–H groups in total. The molecule has 1 aromatic carbocycles. The zero-order valence-electron chi connectivity index (χ0n) is 12.3. The molecule has 1 fully saturated rings. The van der Waals surface area contributed by atoms with E-state index in [1.165, 1.54) is 0 Å². The number of hydrogen-bond donors (Lipinski definition) is 0. The Hall–Kier alpha value is -1.88.